The van der Waals surface area contributed by atoms with Crippen LogP contribution < -0.4 is 0 Å². The third-order valence-corrected chi connectivity index (χ3v) is 0. The van der Waals surface area contributed by atoms with Crippen molar-refractivity contribution >= 4 is 0 Å². The molecule has 0 bridgehead atoms. The number of aliphatic hydroxyl groups is 2. The van der Waals surface area contributed by atoms with Gasteiger partial charge in [-0.1, -0.05) is 0 Å². The summed E-state index contributed by atoms with van der Waals surface area (Å²) < 4.78 is 8.19. The summed E-state index contributed by atoms with van der Waals surface area (Å²) in [7, 11) is 0. The fourth-order valence-corrected chi connectivity index (χ4v) is 0. The zero-order chi connectivity index (χ0) is 7.41. The Morgan fingerprint density at radius 2 is 1.12 bits per heavy atom. The summed E-state index contributed by atoms with van der Waals surface area (Å²) in [5.74, 6) is 0. The van der Waals surface area contributed by atoms with Crippen LogP contribution in [0.5, 0.6) is 0 Å². The Morgan fingerprint density at radius 3 is 1.12 bits per heavy atom. The Hall–Kier alpha value is 0.304. The van der Waals surface area contributed by atoms with Crippen molar-refractivity contribution in [1.29, 1.82) is 0 Å². The average molecular weight is 159 g/mol. The predicted molar refractivity (Wildman–Crippen MR) is 26.2 cm³/mol. The molecule has 0 heterocycles. The monoisotopic (exact) mass is 159 g/mol. The summed E-state index contributed by atoms with van der Waals surface area (Å²) in [5.41, 5.74) is 0. The van der Waals surface area contributed by atoms with Gasteiger partial charge in [-0.15, -0.1) is 0 Å². The van der Waals surface area contributed by atoms with Gasteiger partial charge in [0.05, 0.1) is 0 Å². The Kier molecular flexibility index (Phi) is 108. The second kappa shape index (κ2) is 54.7. The first-order valence-electron chi connectivity index (χ1n) is 2.23. The van der Waals surface area contributed by atoms with Crippen LogP contribution in [0.2, 0.25) is 0 Å². The molecule has 0 amide bonds. The van der Waals surface area contributed by atoms with Crippen molar-refractivity contribution in [2.45, 2.75) is 13.8 Å². The molecule has 0 atom stereocenters. The SMILES string of the molecule is CCO.CCO.[O]=[V]. The van der Waals surface area contributed by atoms with Crippen LogP contribution >= 0.6 is 0 Å². The van der Waals surface area contributed by atoms with Crippen LogP contribution in [0.3, 0.4) is 0 Å². The van der Waals surface area contributed by atoms with Crippen LogP contribution in [-0.4, -0.2) is 23.4 Å². The molecular weight excluding hydrogens is 147 g/mol. The minimum atomic E-state index is 0.250. The molecule has 0 aliphatic heterocycles. The summed E-state index contributed by atoms with van der Waals surface area (Å²) in [6.07, 6.45) is 0. The van der Waals surface area contributed by atoms with E-state index in [0.29, 0.717) is 0 Å². The third-order valence-electron chi connectivity index (χ3n) is 0. The van der Waals surface area contributed by atoms with E-state index in [1.165, 1.54) is 0 Å². The summed E-state index contributed by atoms with van der Waals surface area (Å²) in [6, 6.07) is 0. The number of aliphatic hydroxyl groups excluding tert-OH is 2. The third kappa shape index (κ3) is 1910. The first-order valence-corrected chi connectivity index (χ1v) is 2.80. The Bertz CT molecular complexity index is 18.8. The van der Waals surface area contributed by atoms with E-state index < -0.39 is 0 Å². The molecule has 0 unspecified atom stereocenters. The second-order valence-electron chi connectivity index (χ2n) is 0.632. The van der Waals surface area contributed by atoms with E-state index in [1.54, 1.807) is 13.8 Å². The van der Waals surface area contributed by atoms with Crippen LogP contribution in [-0.2, 0) is 21.0 Å². The molecule has 0 saturated carbocycles. The van der Waals surface area contributed by atoms with Gasteiger partial charge < -0.3 is 10.2 Å². The zero-order valence-corrected chi connectivity index (χ0v) is 6.56. The fourth-order valence-electron chi connectivity index (χ4n) is 0. The summed E-state index contributed by atoms with van der Waals surface area (Å²) in [5, 5.41) is 15.1. The molecule has 0 radical (unpaired) electrons. The maximum atomic E-state index is 8.19. The van der Waals surface area contributed by atoms with Gasteiger partial charge >= 0.3 is 21.0 Å². The van der Waals surface area contributed by atoms with E-state index >= 15 is 0 Å². The first kappa shape index (κ1) is 15.7. The van der Waals surface area contributed by atoms with Crippen LogP contribution in [0.4, 0.5) is 0 Å². The summed E-state index contributed by atoms with van der Waals surface area (Å²) >= 11 is 1.06. The first-order chi connectivity index (χ1) is 3.83. The Morgan fingerprint density at radius 1 is 1.12 bits per heavy atom. The number of hydrogen-bond acceptors (Lipinski definition) is 3. The molecule has 51 valence electrons. The van der Waals surface area contributed by atoms with Gasteiger partial charge in [-0.05, 0) is 13.8 Å². The van der Waals surface area contributed by atoms with E-state index in [2.05, 4.69) is 0 Å². The molecule has 0 fully saturated rings. The van der Waals surface area contributed by atoms with Gasteiger partial charge in [-0.25, -0.2) is 0 Å². The van der Waals surface area contributed by atoms with Crippen molar-refractivity contribution in [2.75, 3.05) is 13.2 Å². The molecule has 0 aromatic heterocycles. The van der Waals surface area contributed by atoms with Crippen LogP contribution in [0.1, 0.15) is 13.8 Å². The van der Waals surface area contributed by atoms with E-state index in [4.69, 9.17) is 13.9 Å². The number of rotatable bonds is 0. The molecule has 3 nitrogen and oxygen atoms in total. The van der Waals surface area contributed by atoms with Crippen LogP contribution in [0.15, 0.2) is 0 Å². The Balaban J connectivity index is -0.0000000483. The molecule has 0 saturated heterocycles. The van der Waals surface area contributed by atoms with E-state index in [1.807, 2.05) is 0 Å². The molecule has 0 aromatic rings. The topological polar surface area (TPSA) is 57.5 Å². The van der Waals surface area contributed by atoms with Gasteiger partial charge in [-0.3, -0.25) is 0 Å². The van der Waals surface area contributed by atoms with Crippen molar-refractivity contribution < 1.29 is 31.3 Å². The van der Waals surface area contributed by atoms with Gasteiger partial charge in [0, 0.05) is 13.2 Å². The number of hydrogen-bond donors (Lipinski definition) is 2. The Labute approximate surface area is 58.9 Å². The normalized spacial score (nSPS) is 4.88. The molecular formula is C4H12O3V. The van der Waals surface area contributed by atoms with Gasteiger partial charge in [0.1, 0.15) is 0 Å². The molecule has 4 heteroatoms. The quantitative estimate of drug-likeness (QED) is 0.517. The minimum absolute atomic E-state index is 0.250. The van der Waals surface area contributed by atoms with Gasteiger partial charge in [0.2, 0.25) is 0 Å². The van der Waals surface area contributed by atoms with E-state index in [0.717, 1.165) is 17.4 Å². The molecule has 0 aliphatic rings. The van der Waals surface area contributed by atoms with E-state index in [9.17, 15) is 0 Å². The van der Waals surface area contributed by atoms with Crippen molar-refractivity contribution in [1.82, 2.24) is 0 Å². The molecule has 8 heavy (non-hydrogen) atoms. The summed E-state index contributed by atoms with van der Waals surface area (Å²) in [4.78, 5) is 0. The van der Waals surface area contributed by atoms with Crippen molar-refractivity contribution in [3.05, 3.63) is 0 Å². The standard InChI is InChI=1S/2C2H6O.O.V/c2*1-2-3;;/h2*3H,2H2,1H3;;. The molecule has 0 aliphatic carbocycles. The van der Waals surface area contributed by atoms with Crippen LogP contribution in [0, 0.1) is 0 Å². The molecule has 0 aromatic carbocycles. The van der Waals surface area contributed by atoms with Crippen molar-refractivity contribution in [2.24, 2.45) is 0 Å². The molecule has 0 rings (SSSR count). The van der Waals surface area contributed by atoms with Gasteiger partial charge in [0.15, 0.2) is 0 Å². The van der Waals surface area contributed by atoms with Crippen molar-refractivity contribution in [3.8, 4) is 0 Å². The van der Waals surface area contributed by atoms with Crippen LogP contribution in [0.25, 0.3) is 0 Å². The second-order valence-corrected chi connectivity index (χ2v) is 0.632. The fraction of sp³-hybridized carbons (Fsp3) is 1.00. The average Bonchev–Trinajstić information content (AvgIpc) is 1.75. The predicted octanol–water partition coefficient (Wildman–Crippen LogP) is -0.124. The molecule has 0 spiro atoms. The van der Waals surface area contributed by atoms with Gasteiger partial charge in [0.25, 0.3) is 0 Å². The zero-order valence-electron chi connectivity index (χ0n) is 5.16. The maximum absolute atomic E-state index is 8.19. The summed E-state index contributed by atoms with van der Waals surface area (Å²) in [6.45, 7) is 3.86. The van der Waals surface area contributed by atoms with Gasteiger partial charge in [-0.2, -0.15) is 0 Å². The van der Waals surface area contributed by atoms with Crippen molar-refractivity contribution in [3.63, 3.8) is 0 Å². The van der Waals surface area contributed by atoms with E-state index in [-0.39, 0.29) is 13.2 Å². The molecule has 2 N–H and O–H groups in total.